The first-order valence-corrected chi connectivity index (χ1v) is 6.17. The summed E-state index contributed by atoms with van der Waals surface area (Å²) in [7, 11) is 0. The minimum atomic E-state index is 0.555. The first-order chi connectivity index (χ1) is 7.78. The quantitative estimate of drug-likeness (QED) is 0.826. The van der Waals surface area contributed by atoms with Crippen LogP contribution in [0.5, 0.6) is 0 Å². The van der Waals surface area contributed by atoms with E-state index in [9.17, 15) is 0 Å². The number of thioether (sulfide) groups is 1. The maximum Gasteiger partial charge on any atom is 0.235 e. The van der Waals surface area contributed by atoms with Crippen LogP contribution in [0, 0.1) is 6.92 Å². The van der Waals surface area contributed by atoms with Crippen LogP contribution in [0.25, 0.3) is 0 Å². The minimum Gasteiger partial charge on any atom is -0.424 e. The average Bonchev–Trinajstić information content (AvgIpc) is 2.73. The van der Waals surface area contributed by atoms with Crippen LogP contribution in [0.2, 0.25) is 0 Å². The van der Waals surface area contributed by atoms with Gasteiger partial charge in [-0.1, -0.05) is 0 Å². The van der Waals surface area contributed by atoms with Crippen molar-refractivity contribution < 1.29 is 4.42 Å². The van der Waals surface area contributed by atoms with Crippen LogP contribution >= 0.6 is 11.8 Å². The van der Waals surface area contributed by atoms with E-state index in [1.54, 1.807) is 18.7 Å². The summed E-state index contributed by atoms with van der Waals surface area (Å²) in [6.07, 6.45) is 2.06. The molecular weight excluding hydrogens is 222 g/mol. The summed E-state index contributed by atoms with van der Waals surface area (Å²) in [6, 6.07) is 8.22. The number of nitrogens with one attached hydrogen (secondary N) is 1. The summed E-state index contributed by atoms with van der Waals surface area (Å²) in [6.45, 7) is 2.34. The highest BCUT2D eigenvalue weighted by molar-refractivity contribution is 7.98. The Balaban J connectivity index is 1.94. The van der Waals surface area contributed by atoms with Gasteiger partial charge in [0.05, 0.1) is 6.54 Å². The van der Waals surface area contributed by atoms with Gasteiger partial charge in [0.25, 0.3) is 0 Å². The molecule has 0 saturated carbocycles. The molecule has 0 spiro atoms. The summed E-state index contributed by atoms with van der Waals surface area (Å²) >= 11 is 1.73. The van der Waals surface area contributed by atoms with Crippen molar-refractivity contribution in [2.24, 2.45) is 0 Å². The van der Waals surface area contributed by atoms with Gasteiger partial charge in [-0.2, -0.15) is 0 Å². The molecule has 1 aromatic carbocycles. The molecule has 5 heteroatoms. The second-order valence-electron chi connectivity index (χ2n) is 3.30. The van der Waals surface area contributed by atoms with Crippen LogP contribution in [0.1, 0.15) is 11.8 Å². The molecule has 0 unspecified atom stereocenters. The number of aryl methyl sites for hydroxylation is 1. The van der Waals surface area contributed by atoms with Crippen LogP contribution in [0.15, 0.2) is 33.6 Å². The zero-order valence-corrected chi connectivity index (χ0v) is 10.0. The zero-order valence-electron chi connectivity index (χ0n) is 9.23. The van der Waals surface area contributed by atoms with Crippen LogP contribution in [-0.4, -0.2) is 16.5 Å². The highest BCUT2D eigenvalue weighted by Gasteiger charge is 2.01. The van der Waals surface area contributed by atoms with E-state index in [1.807, 2.05) is 12.1 Å². The Bertz CT molecular complexity index is 453. The van der Waals surface area contributed by atoms with Crippen LogP contribution in [0.4, 0.5) is 5.69 Å². The van der Waals surface area contributed by atoms with Gasteiger partial charge < -0.3 is 9.73 Å². The monoisotopic (exact) mass is 235 g/mol. The maximum absolute atomic E-state index is 5.26. The zero-order chi connectivity index (χ0) is 11.4. The highest BCUT2D eigenvalue weighted by atomic mass is 32.2. The van der Waals surface area contributed by atoms with Gasteiger partial charge >= 0.3 is 0 Å². The molecule has 4 nitrogen and oxygen atoms in total. The smallest absolute Gasteiger partial charge is 0.235 e. The summed E-state index contributed by atoms with van der Waals surface area (Å²) in [5, 5.41) is 10.9. The summed E-state index contributed by atoms with van der Waals surface area (Å²) in [4.78, 5) is 1.25. The molecule has 2 aromatic rings. The van der Waals surface area contributed by atoms with E-state index < -0.39 is 0 Å². The van der Waals surface area contributed by atoms with Crippen molar-refractivity contribution in [1.29, 1.82) is 0 Å². The first-order valence-electron chi connectivity index (χ1n) is 4.95. The summed E-state index contributed by atoms with van der Waals surface area (Å²) in [5.41, 5.74) is 1.05. The number of hydrogen-bond acceptors (Lipinski definition) is 5. The first kappa shape index (κ1) is 11.0. The molecule has 0 bridgehead atoms. The van der Waals surface area contributed by atoms with E-state index in [2.05, 4.69) is 33.9 Å². The van der Waals surface area contributed by atoms with Crippen LogP contribution < -0.4 is 5.32 Å². The van der Waals surface area contributed by atoms with E-state index in [1.165, 1.54) is 4.90 Å². The van der Waals surface area contributed by atoms with Gasteiger partial charge in [-0.3, -0.25) is 0 Å². The molecule has 0 aliphatic carbocycles. The molecule has 0 aliphatic heterocycles. The van der Waals surface area contributed by atoms with Crippen LogP contribution in [-0.2, 0) is 6.54 Å². The van der Waals surface area contributed by atoms with Crippen molar-refractivity contribution in [2.45, 2.75) is 18.4 Å². The predicted octanol–water partition coefficient (Wildman–Crippen LogP) is 2.71. The Morgan fingerprint density at radius 1 is 1.25 bits per heavy atom. The summed E-state index contributed by atoms with van der Waals surface area (Å²) in [5.74, 6) is 1.20. The van der Waals surface area contributed by atoms with Gasteiger partial charge in [-0.05, 0) is 30.5 Å². The van der Waals surface area contributed by atoms with Gasteiger partial charge in [0.15, 0.2) is 0 Å². The fourth-order valence-electron chi connectivity index (χ4n) is 1.30. The lowest BCUT2D eigenvalue weighted by Gasteiger charge is -2.03. The van der Waals surface area contributed by atoms with Crippen molar-refractivity contribution in [3.8, 4) is 0 Å². The lowest BCUT2D eigenvalue weighted by atomic mass is 10.3. The van der Waals surface area contributed by atoms with Gasteiger partial charge in [0.2, 0.25) is 11.8 Å². The molecule has 1 heterocycles. The van der Waals surface area contributed by atoms with E-state index >= 15 is 0 Å². The van der Waals surface area contributed by atoms with E-state index in [4.69, 9.17) is 4.42 Å². The lowest BCUT2D eigenvalue weighted by Crippen LogP contribution is -1.99. The van der Waals surface area contributed by atoms with Gasteiger partial charge in [0.1, 0.15) is 0 Å². The SMILES string of the molecule is CSc1ccc(NCc2nnc(C)o2)cc1. The van der Waals surface area contributed by atoms with E-state index in [0.717, 1.165) is 5.69 Å². The van der Waals surface area contributed by atoms with Gasteiger partial charge in [-0.15, -0.1) is 22.0 Å². The molecule has 0 amide bonds. The summed E-state index contributed by atoms with van der Waals surface area (Å²) < 4.78 is 5.26. The second kappa shape index (κ2) is 5.03. The van der Waals surface area contributed by atoms with E-state index in [-0.39, 0.29) is 0 Å². The molecule has 1 aromatic heterocycles. The molecule has 0 atom stereocenters. The lowest BCUT2D eigenvalue weighted by molar-refractivity contribution is 0.475. The fraction of sp³-hybridized carbons (Fsp3) is 0.273. The Hall–Kier alpha value is -1.49. The maximum atomic E-state index is 5.26. The van der Waals surface area contributed by atoms with E-state index in [0.29, 0.717) is 18.3 Å². The fourth-order valence-corrected chi connectivity index (χ4v) is 1.70. The van der Waals surface area contributed by atoms with Crippen molar-refractivity contribution in [3.63, 3.8) is 0 Å². The van der Waals surface area contributed by atoms with Crippen molar-refractivity contribution in [1.82, 2.24) is 10.2 Å². The number of hydrogen-bond donors (Lipinski definition) is 1. The number of anilines is 1. The molecule has 16 heavy (non-hydrogen) atoms. The Labute approximate surface area is 98.5 Å². The Kier molecular flexibility index (Phi) is 3.46. The normalized spacial score (nSPS) is 10.4. The van der Waals surface area contributed by atoms with Gasteiger partial charge in [-0.25, -0.2) is 0 Å². The predicted molar refractivity (Wildman–Crippen MR) is 64.6 cm³/mol. The number of benzene rings is 1. The molecular formula is C11H13N3OS. The standard InChI is InChI=1S/C11H13N3OS/c1-8-13-14-11(15-8)7-12-9-3-5-10(16-2)6-4-9/h3-6,12H,7H2,1-2H3. The minimum absolute atomic E-state index is 0.555. The van der Waals surface area contributed by atoms with Crippen molar-refractivity contribution in [3.05, 3.63) is 36.0 Å². The highest BCUT2D eigenvalue weighted by Crippen LogP contribution is 2.17. The molecule has 2 rings (SSSR count). The molecule has 0 radical (unpaired) electrons. The molecule has 84 valence electrons. The van der Waals surface area contributed by atoms with Crippen LogP contribution in [0.3, 0.4) is 0 Å². The Morgan fingerprint density at radius 2 is 2.00 bits per heavy atom. The number of aromatic nitrogens is 2. The molecule has 0 aliphatic rings. The average molecular weight is 235 g/mol. The number of rotatable bonds is 4. The third-order valence-electron chi connectivity index (χ3n) is 2.10. The Morgan fingerprint density at radius 3 is 2.56 bits per heavy atom. The molecule has 0 saturated heterocycles. The third-order valence-corrected chi connectivity index (χ3v) is 2.85. The molecule has 0 fully saturated rings. The molecule has 1 N–H and O–H groups in total. The second-order valence-corrected chi connectivity index (χ2v) is 4.18. The topological polar surface area (TPSA) is 51.0 Å². The largest absolute Gasteiger partial charge is 0.424 e. The number of nitrogens with zero attached hydrogens (tertiary/aromatic N) is 2. The van der Waals surface area contributed by atoms with Crippen molar-refractivity contribution >= 4 is 17.4 Å². The van der Waals surface area contributed by atoms with Crippen molar-refractivity contribution in [2.75, 3.05) is 11.6 Å². The van der Waals surface area contributed by atoms with Gasteiger partial charge in [0, 0.05) is 17.5 Å². The third kappa shape index (κ3) is 2.76.